The molecule has 0 bridgehead atoms. The first kappa shape index (κ1) is 22.9. The Hall–Kier alpha value is -2.84. The predicted octanol–water partition coefficient (Wildman–Crippen LogP) is 5.25. The Balaban J connectivity index is 1.53. The number of ether oxygens (including phenoxy) is 2. The molecule has 1 spiro atoms. The van der Waals surface area contributed by atoms with Gasteiger partial charge in [0, 0.05) is 25.0 Å². The quantitative estimate of drug-likeness (QED) is 0.562. The van der Waals surface area contributed by atoms with Crippen LogP contribution in [0.2, 0.25) is 0 Å². The maximum absolute atomic E-state index is 13.9. The monoisotopic (exact) mass is 480 g/mol. The summed E-state index contributed by atoms with van der Waals surface area (Å²) in [6.07, 6.45) is 2.93. The molecule has 0 radical (unpaired) electrons. The summed E-state index contributed by atoms with van der Waals surface area (Å²) in [4.78, 5) is 43.6. The van der Waals surface area contributed by atoms with Crippen LogP contribution in [0, 0.1) is 6.92 Å². The van der Waals surface area contributed by atoms with Gasteiger partial charge >= 0.3 is 0 Å². The normalized spacial score (nSPS) is 22.3. The second kappa shape index (κ2) is 9.07. The highest BCUT2D eigenvalue weighted by molar-refractivity contribution is 8.15. The van der Waals surface area contributed by atoms with Crippen molar-refractivity contribution in [2.75, 3.05) is 6.61 Å². The molecule has 8 heteroatoms. The number of imide groups is 1. The summed E-state index contributed by atoms with van der Waals surface area (Å²) < 4.78 is 12.5. The number of amides is 3. The van der Waals surface area contributed by atoms with Crippen LogP contribution in [0.3, 0.4) is 0 Å². The molecule has 2 aromatic carbocycles. The zero-order valence-corrected chi connectivity index (χ0v) is 20.2. The summed E-state index contributed by atoms with van der Waals surface area (Å²) in [6.45, 7) is 4.30. The van der Waals surface area contributed by atoms with Crippen LogP contribution in [-0.2, 0) is 9.53 Å². The molecule has 2 aromatic rings. The fraction of sp³-hybridized carbons (Fsp3) is 0.423. The van der Waals surface area contributed by atoms with E-state index in [0.717, 1.165) is 42.2 Å². The molecule has 1 aliphatic carbocycles. The largest absolute Gasteiger partial charge is 0.467 e. The van der Waals surface area contributed by atoms with Gasteiger partial charge < -0.3 is 9.47 Å². The number of para-hydroxylation sites is 1. The Labute approximate surface area is 203 Å². The third kappa shape index (κ3) is 3.69. The fourth-order valence-electron chi connectivity index (χ4n) is 5.07. The second-order valence-electron chi connectivity index (χ2n) is 8.95. The number of fused-ring (bicyclic) bond motifs is 1. The van der Waals surface area contributed by atoms with E-state index in [2.05, 4.69) is 0 Å². The van der Waals surface area contributed by atoms with E-state index in [0.29, 0.717) is 30.8 Å². The highest BCUT2D eigenvalue weighted by Crippen LogP contribution is 2.48. The molecule has 1 saturated heterocycles. The number of thioether (sulfide) groups is 1. The highest BCUT2D eigenvalue weighted by atomic mass is 32.2. The molecular weight excluding hydrogens is 452 g/mol. The van der Waals surface area contributed by atoms with Gasteiger partial charge in [-0.2, -0.15) is 0 Å². The highest BCUT2D eigenvalue weighted by Gasteiger charge is 2.58. The predicted molar refractivity (Wildman–Crippen MR) is 128 cm³/mol. The molecule has 5 rings (SSSR count). The number of benzene rings is 2. The number of rotatable bonds is 6. The van der Waals surface area contributed by atoms with E-state index in [1.165, 1.54) is 9.80 Å². The summed E-state index contributed by atoms with van der Waals surface area (Å²) in [7, 11) is 0. The lowest BCUT2D eigenvalue weighted by Crippen LogP contribution is -2.62. The molecular formula is C26H28N2O5S. The van der Waals surface area contributed by atoms with Gasteiger partial charge in [0.2, 0.25) is 0 Å². The van der Waals surface area contributed by atoms with Crippen LogP contribution in [-0.4, -0.2) is 44.6 Å². The van der Waals surface area contributed by atoms with Crippen molar-refractivity contribution in [2.24, 2.45) is 0 Å². The number of aryl methyl sites for hydroxylation is 1. The van der Waals surface area contributed by atoms with Gasteiger partial charge in [0.25, 0.3) is 17.1 Å². The molecule has 2 fully saturated rings. The third-order valence-corrected chi connectivity index (χ3v) is 7.76. The minimum Gasteiger partial charge on any atom is -0.467 e. The van der Waals surface area contributed by atoms with Crippen molar-refractivity contribution in [3.05, 3.63) is 65.2 Å². The van der Waals surface area contributed by atoms with E-state index in [4.69, 9.17) is 9.47 Å². The zero-order chi connectivity index (χ0) is 23.9. The summed E-state index contributed by atoms with van der Waals surface area (Å²) in [6, 6.07) is 14.7. The Morgan fingerprint density at radius 1 is 1.09 bits per heavy atom. The van der Waals surface area contributed by atoms with Crippen LogP contribution in [0.5, 0.6) is 5.75 Å². The average molecular weight is 481 g/mol. The molecule has 0 N–H and O–H groups in total. The summed E-state index contributed by atoms with van der Waals surface area (Å²) in [5.41, 5.74) is 1.19. The minimum atomic E-state index is -0.997. The van der Waals surface area contributed by atoms with E-state index in [9.17, 15) is 14.4 Å². The second-order valence-corrected chi connectivity index (χ2v) is 9.98. The average Bonchev–Trinajstić information content (AvgIpc) is 3.40. The molecule has 1 saturated carbocycles. The smallest absolute Gasteiger partial charge is 0.293 e. The van der Waals surface area contributed by atoms with Crippen molar-refractivity contribution >= 4 is 28.8 Å². The van der Waals surface area contributed by atoms with Gasteiger partial charge in [-0.15, -0.1) is 0 Å². The zero-order valence-electron chi connectivity index (χ0n) is 19.4. The first-order chi connectivity index (χ1) is 16.5. The van der Waals surface area contributed by atoms with E-state index in [-0.39, 0.29) is 5.91 Å². The van der Waals surface area contributed by atoms with Gasteiger partial charge in [0.15, 0.2) is 17.3 Å². The van der Waals surface area contributed by atoms with Gasteiger partial charge in [-0.1, -0.05) is 43.3 Å². The van der Waals surface area contributed by atoms with Gasteiger partial charge in [-0.3, -0.25) is 19.3 Å². The van der Waals surface area contributed by atoms with Crippen LogP contribution in [0.25, 0.3) is 0 Å². The van der Waals surface area contributed by atoms with Crippen LogP contribution in [0.4, 0.5) is 4.79 Å². The van der Waals surface area contributed by atoms with Gasteiger partial charge in [-0.25, -0.2) is 4.90 Å². The number of carbonyl (C=O) groups excluding carboxylic acids is 3. The molecule has 3 amide bonds. The third-order valence-electron chi connectivity index (χ3n) is 6.72. The van der Waals surface area contributed by atoms with Gasteiger partial charge in [-0.05, 0) is 55.6 Å². The van der Waals surface area contributed by atoms with Crippen molar-refractivity contribution in [1.29, 1.82) is 0 Å². The summed E-state index contributed by atoms with van der Waals surface area (Å²) in [5.74, 6) is -0.179. The molecule has 0 aromatic heterocycles. The Bertz CT molecular complexity index is 1130. The standard InChI is InChI=1S/C26H28N2O5S/c1-3-16-32-23(18-11-5-4-10-17(18)2)27-22(30)24(34-25(27)31)28-21(29)19-12-6-7-13-20(19)33-26(28)14-8-9-15-26/h4-7,10-13,23-24H,3,8-9,14-16H2,1-2H3. The first-order valence-electron chi connectivity index (χ1n) is 11.8. The van der Waals surface area contributed by atoms with Crippen LogP contribution in [0.1, 0.15) is 66.7 Å². The van der Waals surface area contributed by atoms with Gasteiger partial charge in [0.1, 0.15) is 5.75 Å². The van der Waals surface area contributed by atoms with Crippen molar-refractivity contribution in [3.63, 3.8) is 0 Å². The Kier molecular flexibility index (Phi) is 6.12. The van der Waals surface area contributed by atoms with Crippen molar-refractivity contribution in [2.45, 2.75) is 63.3 Å². The minimum absolute atomic E-state index is 0.272. The van der Waals surface area contributed by atoms with E-state index >= 15 is 0 Å². The molecule has 3 aliphatic rings. The van der Waals surface area contributed by atoms with Crippen LogP contribution in [0.15, 0.2) is 48.5 Å². The van der Waals surface area contributed by atoms with Crippen LogP contribution >= 0.6 is 11.8 Å². The lowest BCUT2D eigenvalue weighted by Gasteiger charge is -2.46. The first-order valence-corrected chi connectivity index (χ1v) is 12.7. The SMILES string of the molecule is CCCOC(c1ccccc1C)N1C(=O)SC(N2C(=O)c3ccccc3OC23CCCC3)C1=O. The Morgan fingerprint density at radius 3 is 2.53 bits per heavy atom. The lowest BCUT2D eigenvalue weighted by atomic mass is 10.0. The van der Waals surface area contributed by atoms with E-state index in [1.807, 2.05) is 44.2 Å². The molecule has 178 valence electrons. The number of carbonyl (C=O) groups is 3. The van der Waals surface area contributed by atoms with Crippen LogP contribution < -0.4 is 4.74 Å². The van der Waals surface area contributed by atoms with Gasteiger partial charge in [0.05, 0.1) is 5.56 Å². The van der Waals surface area contributed by atoms with E-state index < -0.39 is 28.5 Å². The maximum atomic E-state index is 13.9. The number of hydrogen-bond acceptors (Lipinski definition) is 6. The Morgan fingerprint density at radius 2 is 1.79 bits per heavy atom. The summed E-state index contributed by atoms with van der Waals surface area (Å²) in [5, 5.41) is -1.41. The number of nitrogens with zero attached hydrogens (tertiary/aromatic N) is 2. The van der Waals surface area contributed by atoms with E-state index in [1.54, 1.807) is 18.2 Å². The topological polar surface area (TPSA) is 76.2 Å². The van der Waals surface area contributed by atoms with Crippen molar-refractivity contribution < 1.29 is 23.9 Å². The molecule has 2 atom stereocenters. The fourth-order valence-corrected chi connectivity index (χ4v) is 6.17. The summed E-state index contributed by atoms with van der Waals surface area (Å²) >= 11 is 0.872. The van der Waals surface area contributed by atoms with Crippen molar-refractivity contribution in [3.8, 4) is 5.75 Å². The molecule has 7 nitrogen and oxygen atoms in total. The molecule has 34 heavy (non-hydrogen) atoms. The molecule has 2 unspecified atom stereocenters. The number of hydrogen-bond donors (Lipinski definition) is 0. The molecule has 2 aliphatic heterocycles. The maximum Gasteiger partial charge on any atom is 0.293 e. The van der Waals surface area contributed by atoms with Crippen molar-refractivity contribution in [1.82, 2.24) is 9.80 Å². The molecule has 2 heterocycles. The lowest BCUT2D eigenvalue weighted by molar-refractivity contribution is -0.147.